The van der Waals surface area contributed by atoms with Gasteiger partial charge in [-0.05, 0) is 31.5 Å². The standard InChI is InChI=1S/C16H16N2O3/c1-3-7-21-16(20)15(19)13-10-18(4-2)14-6-5-11(9-17)8-12(13)14/h5-6,8,10H,3-4,7H2,1-2H3. The Kier molecular flexibility index (Phi) is 4.39. The summed E-state index contributed by atoms with van der Waals surface area (Å²) in [7, 11) is 0. The van der Waals surface area contributed by atoms with E-state index in [1.165, 1.54) is 0 Å². The number of hydrogen-bond acceptors (Lipinski definition) is 4. The van der Waals surface area contributed by atoms with Gasteiger partial charge in [-0.3, -0.25) is 4.79 Å². The maximum absolute atomic E-state index is 12.2. The van der Waals surface area contributed by atoms with Gasteiger partial charge in [0.15, 0.2) is 0 Å². The lowest BCUT2D eigenvalue weighted by Gasteiger charge is -2.01. The largest absolute Gasteiger partial charge is 0.460 e. The number of hydrogen-bond donors (Lipinski definition) is 0. The van der Waals surface area contributed by atoms with Crippen LogP contribution in [0.15, 0.2) is 24.4 Å². The highest BCUT2D eigenvalue weighted by Gasteiger charge is 2.22. The average Bonchev–Trinajstić information content (AvgIpc) is 2.89. The van der Waals surface area contributed by atoms with E-state index in [0.717, 1.165) is 5.52 Å². The van der Waals surface area contributed by atoms with Gasteiger partial charge in [-0.15, -0.1) is 0 Å². The zero-order valence-electron chi connectivity index (χ0n) is 12.0. The molecule has 0 aliphatic heterocycles. The van der Waals surface area contributed by atoms with Crippen molar-refractivity contribution in [3.05, 3.63) is 35.5 Å². The molecule has 0 bridgehead atoms. The SMILES string of the molecule is CCCOC(=O)C(=O)c1cn(CC)c2ccc(C#N)cc12. The maximum Gasteiger partial charge on any atom is 0.379 e. The van der Waals surface area contributed by atoms with E-state index >= 15 is 0 Å². The average molecular weight is 284 g/mol. The second kappa shape index (κ2) is 6.23. The van der Waals surface area contributed by atoms with Gasteiger partial charge in [0, 0.05) is 23.6 Å². The molecule has 0 unspecified atom stereocenters. The summed E-state index contributed by atoms with van der Waals surface area (Å²) in [4.78, 5) is 24.0. The molecule has 0 saturated heterocycles. The van der Waals surface area contributed by atoms with Crippen LogP contribution in [0.2, 0.25) is 0 Å². The number of aromatic nitrogens is 1. The third kappa shape index (κ3) is 2.79. The van der Waals surface area contributed by atoms with Crippen molar-refractivity contribution in [1.82, 2.24) is 4.57 Å². The van der Waals surface area contributed by atoms with E-state index in [-0.39, 0.29) is 12.2 Å². The first-order chi connectivity index (χ1) is 10.1. The van der Waals surface area contributed by atoms with E-state index in [9.17, 15) is 9.59 Å². The minimum Gasteiger partial charge on any atom is -0.460 e. The van der Waals surface area contributed by atoms with Crippen molar-refractivity contribution >= 4 is 22.7 Å². The minimum atomic E-state index is -0.852. The number of aryl methyl sites for hydroxylation is 1. The Morgan fingerprint density at radius 1 is 1.33 bits per heavy atom. The summed E-state index contributed by atoms with van der Waals surface area (Å²) in [5, 5.41) is 9.59. The number of fused-ring (bicyclic) bond motifs is 1. The van der Waals surface area contributed by atoms with E-state index in [2.05, 4.69) is 0 Å². The Morgan fingerprint density at radius 2 is 2.10 bits per heavy atom. The Bertz CT molecular complexity index is 738. The second-order valence-corrected chi connectivity index (χ2v) is 4.64. The first kappa shape index (κ1) is 14.8. The maximum atomic E-state index is 12.2. The topological polar surface area (TPSA) is 72.1 Å². The number of nitrogens with zero attached hydrogens (tertiary/aromatic N) is 2. The molecule has 0 aliphatic rings. The van der Waals surface area contributed by atoms with Crippen LogP contribution in [0.25, 0.3) is 10.9 Å². The highest BCUT2D eigenvalue weighted by Crippen LogP contribution is 2.23. The van der Waals surface area contributed by atoms with Crippen LogP contribution in [0.5, 0.6) is 0 Å². The lowest BCUT2D eigenvalue weighted by atomic mass is 10.1. The fourth-order valence-corrected chi connectivity index (χ4v) is 2.18. The predicted molar refractivity (Wildman–Crippen MR) is 77.9 cm³/mol. The molecule has 0 saturated carbocycles. The van der Waals surface area contributed by atoms with Crippen LogP contribution in [0.3, 0.4) is 0 Å². The van der Waals surface area contributed by atoms with E-state index < -0.39 is 11.8 Å². The fourth-order valence-electron chi connectivity index (χ4n) is 2.18. The first-order valence-electron chi connectivity index (χ1n) is 6.86. The summed E-state index contributed by atoms with van der Waals surface area (Å²) in [5.74, 6) is -1.52. The summed E-state index contributed by atoms with van der Waals surface area (Å²) in [5.41, 5.74) is 1.56. The highest BCUT2D eigenvalue weighted by atomic mass is 16.5. The van der Waals surface area contributed by atoms with Crippen LogP contribution in [0, 0.1) is 11.3 Å². The molecule has 0 radical (unpaired) electrons. The number of benzene rings is 1. The number of Topliss-reactive ketones (excluding diaryl/α,β-unsaturated/α-hetero) is 1. The zero-order valence-corrected chi connectivity index (χ0v) is 12.0. The van der Waals surface area contributed by atoms with Crippen LogP contribution < -0.4 is 0 Å². The lowest BCUT2D eigenvalue weighted by molar-refractivity contribution is -0.138. The number of nitriles is 1. The van der Waals surface area contributed by atoms with E-state index in [4.69, 9.17) is 10.00 Å². The quantitative estimate of drug-likeness (QED) is 0.480. The molecule has 2 rings (SSSR count). The van der Waals surface area contributed by atoms with Crippen molar-refractivity contribution in [2.24, 2.45) is 0 Å². The third-order valence-corrected chi connectivity index (χ3v) is 3.22. The molecule has 0 fully saturated rings. The van der Waals surface area contributed by atoms with Crippen LogP contribution in [0.4, 0.5) is 0 Å². The number of carbonyl (C=O) groups excluding carboxylic acids is 2. The fraction of sp³-hybridized carbons (Fsp3) is 0.312. The Morgan fingerprint density at radius 3 is 2.71 bits per heavy atom. The molecular formula is C16H16N2O3. The molecule has 21 heavy (non-hydrogen) atoms. The Balaban J connectivity index is 2.50. The molecular weight excluding hydrogens is 268 g/mol. The molecule has 1 aromatic heterocycles. The monoisotopic (exact) mass is 284 g/mol. The summed E-state index contributed by atoms with van der Waals surface area (Å²) in [6, 6.07) is 7.14. The van der Waals surface area contributed by atoms with Gasteiger partial charge in [0.1, 0.15) is 0 Å². The number of ketones is 1. The summed E-state index contributed by atoms with van der Waals surface area (Å²) < 4.78 is 6.76. The first-order valence-corrected chi connectivity index (χ1v) is 6.86. The molecule has 0 atom stereocenters. The molecule has 2 aromatic rings. The molecule has 1 aromatic carbocycles. The van der Waals surface area contributed by atoms with Crippen molar-refractivity contribution < 1.29 is 14.3 Å². The third-order valence-electron chi connectivity index (χ3n) is 3.22. The number of carbonyl (C=O) groups is 2. The van der Waals surface area contributed by atoms with Crippen LogP contribution >= 0.6 is 0 Å². The molecule has 1 heterocycles. The summed E-state index contributed by atoms with van der Waals surface area (Å²) >= 11 is 0. The molecule has 0 amide bonds. The smallest absolute Gasteiger partial charge is 0.379 e. The van der Waals surface area contributed by atoms with Crippen molar-refractivity contribution in [2.45, 2.75) is 26.8 Å². The molecule has 0 aliphatic carbocycles. The van der Waals surface area contributed by atoms with Gasteiger partial charge >= 0.3 is 5.97 Å². The van der Waals surface area contributed by atoms with Gasteiger partial charge in [0.25, 0.3) is 5.78 Å². The lowest BCUT2D eigenvalue weighted by Crippen LogP contribution is -2.17. The molecule has 0 N–H and O–H groups in total. The minimum absolute atomic E-state index is 0.223. The Hall–Kier alpha value is -2.61. The van der Waals surface area contributed by atoms with Gasteiger partial charge in [0.05, 0.1) is 23.8 Å². The second-order valence-electron chi connectivity index (χ2n) is 4.64. The highest BCUT2D eigenvalue weighted by molar-refractivity contribution is 6.43. The Labute approximate surface area is 122 Å². The predicted octanol–water partition coefficient (Wildman–Crippen LogP) is 2.67. The molecule has 5 heteroatoms. The summed E-state index contributed by atoms with van der Waals surface area (Å²) in [6.07, 6.45) is 2.30. The van der Waals surface area contributed by atoms with Crippen molar-refractivity contribution in [3.8, 4) is 6.07 Å². The zero-order chi connectivity index (χ0) is 15.4. The van der Waals surface area contributed by atoms with E-state index in [1.807, 2.05) is 24.5 Å². The van der Waals surface area contributed by atoms with Gasteiger partial charge in [0.2, 0.25) is 0 Å². The van der Waals surface area contributed by atoms with Crippen molar-refractivity contribution in [3.63, 3.8) is 0 Å². The van der Waals surface area contributed by atoms with Gasteiger partial charge in [-0.2, -0.15) is 5.26 Å². The number of ether oxygens (including phenoxy) is 1. The normalized spacial score (nSPS) is 10.3. The van der Waals surface area contributed by atoms with E-state index in [0.29, 0.717) is 23.9 Å². The van der Waals surface area contributed by atoms with Crippen LogP contribution in [0.1, 0.15) is 36.2 Å². The van der Waals surface area contributed by atoms with E-state index in [1.54, 1.807) is 24.4 Å². The van der Waals surface area contributed by atoms with Crippen LogP contribution in [-0.2, 0) is 16.1 Å². The molecule has 0 spiro atoms. The number of esters is 1. The summed E-state index contributed by atoms with van der Waals surface area (Å²) in [6.45, 7) is 4.70. The van der Waals surface area contributed by atoms with Gasteiger partial charge < -0.3 is 9.30 Å². The van der Waals surface area contributed by atoms with Crippen molar-refractivity contribution in [1.29, 1.82) is 5.26 Å². The molecule has 108 valence electrons. The number of rotatable bonds is 5. The van der Waals surface area contributed by atoms with Gasteiger partial charge in [-0.1, -0.05) is 6.92 Å². The molecule has 5 nitrogen and oxygen atoms in total. The van der Waals surface area contributed by atoms with Gasteiger partial charge in [-0.25, -0.2) is 4.79 Å². The van der Waals surface area contributed by atoms with Crippen LogP contribution in [-0.4, -0.2) is 22.9 Å². The van der Waals surface area contributed by atoms with Crippen molar-refractivity contribution in [2.75, 3.05) is 6.61 Å².